The summed E-state index contributed by atoms with van der Waals surface area (Å²) in [4.78, 5) is 15.4. The van der Waals surface area contributed by atoms with Gasteiger partial charge in [-0.15, -0.1) is 0 Å². The Morgan fingerprint density at radius 2 is 1.97 bits per heavy atom. The second kappa shape index (κ2) is 9.06. The Morgan fingerprint density at radius 1 is 1.23 bits per heavy atom. The van der Waals surface area contributed by atoms with E-state index in [9.17, 15) is 15.2 Å². The van der Waals surface area contributed by atoms with Gasteiger partial charge in [0.15, 0.2) is 0 Å². The average Bonchev–Trinajstić information content (AvgIpc) is 3.34. The molecule has 2 aliphatic rings. The first-order valence-electron chi connectivity index (χ1n) is 9.97. The number of anilines is 1. The Labute approximate surface area is 182 Å². The summed E-state index contributed by atoms with van der Waals surface area (Å²) in [6.45, 7) is 1.91. The van der Waals surface area contributed by atoms with Crippen molar-refractivity contribution in [2.45, 2.75) is 35.9 Å². The number of carbonyl (C=O) groups is 1. The fraction of sp³-hybridized carbons (Fsp3) is 0.409. The van der Waals surface area contributed by atoms with Gasteiger partial charge in [0.2, 0.25) is 0 Å². The zero-order chi connectivity index (χ0) is 21.1. The summed E-state index contributed by atoms with van der Waals surface area (Å²) in [5.41, 5.74) is 0.787. The van der Waals surface area contributed by atoms with Gasteiger partial charge in [0, 0.05) is 0 Å². The second-order valence-electron chi connectivity index (χ2n) is 7.57. The minimum absolute atomic E-state index is 0.0604. The molecule has 0 saturated carbocycles. The summed E-state index contributed by atoms with van der Waals surface area (Å²) in [5, 5.41) is 20.7. The van der Waals surface area contributed by atoms with Crippen molar-refractivity contribution in [3.8, 4) is 0 Å². The first kappa shape index (κ1) is 21.3. The molecule has 2 fully saturated rings. The zero-order valence-corrected chi connectivity index (χ0v) is 18.5. The van der Waals surface area contributed by atoms with Crippen LogP contribution in [0.2, 0.25) is 4.31 Å². The Morgan fingerprint density at radius 3 is 2.70 bits per heavy atom. The molecule has 0 amide bonds. The van der Waals surface area contributed by atoms with Crippen LogP contribution in [0.15, 0.2) is 54.6 Å². The SMILES string of the molecule is COC(=O)C1([Se]c2ccccc2)CCN2CCC(OCc3ccccc3N([O-])O)C21. The molecule has 0 aliphatic carbocycles. The Bertz CT molecular complexity index is 881. The van der Waals surface area contributed by atoms with Crippen LogP contribution in [0.25, 0.3) is 0 Å². The van der Waals surface area contributed by atoms with E-state index < -0.39 is 4.31 Å². The zero-order valence-electron chi connectivity index (χ0n) is 16.8. The van der Waals surface area contributed by atoms with Crippen molar-refractivity contribution in [2.24, 2.45) is 0 Å². The number of benzene rings is 2. The number of rotatable bonds is 7. The molecule has 2 aliphatic heterocycles. The van der Waals surface area contributed by atoms with Gasteiger partial charge in [0.25, 0.3) is 0 Å². The molecule has 8 heteroatoms. The van der Waals surface area contributed by atoms with Crippen LogP contribution < -0.4 is 9.69 Å². The van der Waals surface area contributed by atoms with E-state index in [2.05, 4.69) is 17.0 Å². The maximum atomic E-state index is 13.1. The van der Waals surface area contributed by atoms with Gasteiger partial charge in [0.05, 0.1) is 0 Å². The molecule has 0 bridgehead atoms. The van der Waals surface area contributed by atoms with E-state index in [4.69, 9.17) is 9.47 Å². The van der Waals surface area contributed by atoms with Crippen LogP contribution in [0, 0.1) is 5.21 Å². The van der Waals surface area contributed by atoms with E-state index in [0.717, 1.165) is 30.4 Å². The van der Waals surface area contributed by atoms with E-state index in [0.29, 0.717) is 5.56 Å². The number of hydrogen-bond acceptors (Lipinski definition) is 7. The van der Waals surface area contributed by atoms with Crippen molar-refractivity contribution in [2.75, 3.05) is 25.4 Å². The van der Waals surface area contributed by atoms with Gasteiger partial charge in [-0.25, -0.2) is 0 Å². The summed E-state index contributed by atoms with van der Waals surface area (Å²) in [5.74, 6) is -0.171. The molecule has 0 radical (unpaired) electrons. The standard InChI is InChI=1S/C22H25N2O5Se/c1-28-21(25)22(30-17-8-3-2-4-9-17)12-14-23-13-11-19(20(22)23)29-15-16-7-5-6-10-18(16)24(26)27/h2-10,19-20,26H,11-15H2,1H3/q-1. The number of hydrogen-bond donors (Lipinski definition) is 1. The third kappa shape index (κ3) is 3.99. The second-order valence-corrected chi connectivity index (χ2v) is 10.5. The van der Waals surface area contributed by atoms with Gasteiger partial charge in [0.1, 0.15) is 0 Å². The fourth-order valence-corrected chi connectivity index (χ4v) is 7.70. The van der Waals surface area contributed by atoms with Crippen molar-refractivity contribution >= 4 is 31.1 Å². The molecule has 3 atom stereocenters. The third-order valence-corrected chi connectivity index (χ3v) is 9.03. The van der Waals surface area contributed by atoms with Crippen molar-refractivity contribution in [1.29, 1.82) is 0 Å². The van der Waals surface area contributed by atoms with E-state index in [1.807, 2.05) is 18.2 Å². The van der Waals surface area contributed by atoms with Crippen LogP contribution in [-0.2, 0) is 20.9 Å². The third-order valence-electron chi connectivity index (χ3n) is 5.92. The van der Waals surface area contributed by atoms with Crippen LogP contribution >= 0.6 is 0 Å². The summed E-state index contributed by atoms with van der Waals surface area (Å²) < 4.78 is 12.1. The van der Waals surface area contributed by atoms with Gasteiger partial charge in [-0.1, -0.05) is 0 Å². The van der Waals surface area contributed by atoms with Crippen LogP contribution in [0.1, 0.15) is 18.4 Å². The number of carbonyl (C=O) groups excluding carboxylic acids is 1. The predicted molar refractivity (Wildman–Crippen MR) is 114 cm³/mol. The molecule has 7 nitrogen and oxygen atoms in total. The molecule has 2 aromatic rings. The van der Waals surface area contributed by atoms with Crippen LogP contribution in [0.3, 0.4) is 0 Å². The number of ether oxygens (including phenoxy) is 2. The van der Waals surface area contributed by atoms with Gasteiger partial charge >= 0.3 is 182 Å². The number of methoxy groups -OCH3 is 1. The normalized spacial score (nSPS) is 25.8. The average molecular weight is 476 g/mol. The number of nitrogens with zero attached hydrogens (tertiary/aromatic N) is 2. The summed E-state index contributed by atoms with van der Waals surface area (Å²) in [6.07, 6.45) is 1.42. The number of para-hydroxylation sites is 1. The molecule has 1 N–H and O–H groups in total. The van der Waals surface area contributed by atoms with Gasteiger partial charge in [-0.3, -0.25) is 0 Å². The van der Waals surface area contributed by atoms with Crippen molar-refractivity contribution in [1.82, 2.24) is 4.90 Å². The molecular weight excluding hydrogens is 451 g/mol. The molecule has 4 rings (SSSR count). The monoisotopic (exact) mass is 477 g/mol. The number of fused-ring (bicyclic) bond motifs is 1. The van der Waals surface area contributed by atoms with Gasteiger partial charge in [-0.2, -0.15) is 0 Å². The Kier molecular flexibility index (Phi) is 6.43. The topological polar surface area (TPSA) is 85.3 Å². The summed E-state index contributed by atoms with van der Waals surface area (Å²) in [7, 11) is 1.46. The minimum atomic E-state index is -0.606. The molecule has 2 saturated heterocycles. The number of esters is 1. The predicted octanol–water partition coefficient (Wildman–Crippen LogP) is 2.10. The van der Waals surface area contributed by atoms with Gasteiger partial charge < -0.3 is 0 Å². The molecule has 2 heterocycles. The molecule has 30 heavy (non-hydrogen) atoms. The first-order chi connectivity index (χ1) is 14.5. The van der Waals surface area contributed by atoms with Gasteiger partial charge in [-0.05, 0) is 0 Å². The molecule has 0 spiro atoms. The molecule has 160 valence electrons. The Balaban J connectivity index is 1.58. The van der Waals surface area contributed by atoms with Crippen LogP contribution in [-0.4, -0.2) is 63.4 Å². The Hall–Kier alpha value is -1.93. The van der Waals surface area contributed by atoms with E-state index in [-0.39, 0.29) is 50.6 Å². The first-order valence-corrected chi connectivity index (χ1v) is 11.7. The quantitative estimate of drug-likeness (QED) is 0.372. The van der Waals surface area contributed by atoms with E-state index in [1.54, 1.807) is 24.3 Å². The van der Waals surface area contributed by atoms with Crippen molar-refractivity contribution < 1.29 is 19.5 Å². The van der Waals surface area contributed by atoms with Crippen LogP contribution in [0.4, 0.5) is 5.69 Å². The summed E-state index contributed by atoms with van der Waals surface area (Å²) in [6, 6.07) is 16.9. The van der Waals surface area contributed by atoms with Crippen molar-refractivity contribution in [3.05, 3.63) is 65.4 Å². The fourth-order valence-electron chi connectivity index (χ4n) is 4.57. The van der Waals surface area contributed by atoms with E-state index in [1.165, 1.54) is 7.11 Å². The van der Waals surface area contributed by atoms with E-state index >= 15 is 0 Å². The maximum absolute atomic E-state index is 13.1. The molecular formula is C22H25N2O5Se-. The van der Waals surface area contributed by atoms with Crippen molar-refractivity contribution in [3.63, 3.8) is 0 Å². The summed E-state index contributed by atoms with van der Waals surface area (Å²) >= 11 is -0.110. The molecule has 2 aromatic carbocycles. The van der Waals surface area contributed by atoms with Crippen LogP contribution in [0.5, 0.6) is 0 Å². The molecule has 0 aromatic heterocycles. The molecule has 3 unspecified atom stereocenters.